The van der Waals surface area contributed by atoms with Gasteiger partial charge in [-0.25, -0.2) is 0 Å². The molecule has 30 heavy (non-hydrogen) atoms. The molecule has 8 heteroatoms. The Morgan fingerprint density at radius 3 is 2.30 bits per heavy atom. The van der Waals surface area contributed by atoms with Crippen LogP contribution in [0, 0.1) is 0 Å². The van der Waals surface area contributed by atoms with Crippen molar-refractivity contribution in [3.8, 4) is 11.1 Å². The molecule has 156 valence electrons. The SMILES string of the molecule is O=C(c1ccc(-c2ccc3c(c2)SCN3)cc1)N1CCN(C(=O)C2(O)COC2)CC1. The van der Waals surface area contributed by atoms with Crippen LogP contribution in [-0.4, -0.2) is 77.6 Å². The van der Waals surface area contributed by atoms with E-state index in [1.807, 2.05) is 24.3 Å². The van der Waals surface area contributed by atoms with Gasteiger partial charge in [-0.05, 0) is 35.4 Å². The van der Waals surface area contributed by atoms with Crippen molar-refractivity contribution in [1.29, 1.82) is 0 Å². The lowest BCUT2D eigenvalue weighted by molar-refractivity contribution is -0.201. The first-order valence-electron chi connectivity index (χ1n) is 10.0. The van der Waals surface area contributed by atoms with Crippen molar-refractivity contribution in [3.05, 3.63) is 48.0 Å². The second kappa shape index (κ2) is 7.61. The number of hydrogen-bond donors (Lipinski definition) is 2. The maximum atomic E-state index is 12.9. The molecule has 0 radical (unpaired) electrons. The number of fused-ring (bicyclic) bond motifs is 1. The first kappa shape index (κ1) is 19.4. The van der Waals surface area contributed by atoms with Crippen LogP contribution in [-0.2, 0) is 9.53 Å². The largest absolute Gasteiger partial charge is 0.376 e. The first-order valence-corrected chi connectivity index (χ1v) is 11.0. The smallest absolute Gasteiger partial charge is 0.259 e. The van der Waals surface area contributed by atoms with Gasteiger partial charge in [-0.2, -0.15) is 0 Å². The summed E-state index contributed by atoms with van der Waals surface area (Å²) in [5.74, 6) is 0.569. The third-order valence-corrected chi connectivity index (χ3v) is 6.81. The topological polar surface area (TPSA) is 82.1 Å². The molecule has 2 amide bonds. The van der Waals surface area contributed by atoms with Gasteiger partial charge in [0.2, 0.25) is 0 Å². The Hall–Kier alpha value is -2.55. The van der Waals surface area contributed by atoms with Crippen LogP contribution < -0.4 is 5.32 Å². The Labute approximate surface area is 179 Å². The number of benzene rings is 2. The van der Waals surface area contributed by atoms with Gasteiger partial charge in [0.15, 0.2) is 5.60 Å². The standard InChI is InChI=1S/C22H23N3O4S/c26-20(24-7-9-25(10-8-24)21(27)22(28)12-29-13-22)16-3-1-15(2-4-16)17-5-6-18-19(11-17)30-14-23-18/h1-6,11,23,28H,7-10,12-14H2. The Kier molecular flexibility index (Phi) is 4.92. The molecular formula is C22H23N3O4S. The Balaban J connectivity index is 1.22. The van der Waals surface area contributed by atoms with E-state index in [2.05, 4.69) is 23.5 Å². The number of rotatable bonds is 3. The molecule has 3 aliphatic heterocycles. The number of ether oxygens (including phenoxy) is 1. The third kappa shape index (κ3) is 3.45. The summed E-state index contributed by atoms with van der Waals surface area (Å²) in [6.45, 7) is 1.86. The number of anilines is 1. The van der Waals surface area contributed by atoms with Crippen molar-refractivity contribution in [3.63, 3.8) is 0 Å². The minimum absolute atomic E-state index is 0.0342. The van der Waals surface area contributed by atoms with Gasteiger partial charge in [0.25, 0.3) is 11.8 Å². The number of carbonyl (C=O) groups is 2. The molecule has 0 atom stereocenters. The summed E-state index contributed by atoms with van der Waals surface area (Å²) in [5.41, 5.74) is 2.64. The molecule has 0 spiro atoms. The Morgan fingerprint density at radius 1 is 0.967 bits per heavy atom. The predicted octanol–water partition coefficient (Wildman–Crippen LogP) is 1.87. The highest BCUT2D eigenvalue weighted by Crippen LogP contribution is 2.36. The average Bonchev–Trinajstić information content (AvgIpc) is 3.24. The van der Waals surface area contributed by atoms with Gasteiger partial charge < -0.3 is 25.0 Å². The molecule has 2 aromatic rings. The minimum Gasteiger partial charge on any atom is -0.376 e. The van der Waals surface area contributed by atoms with Gasteiger partial charge in [0.05, 0.1) is 19.1 Å². The van der Waals surface area contributed by atoms with E-state index in [1.54, 1.807) is 21.6 Å². The van der Waals surface area contributed by atoms with Crippen LogP contribution in [0.4, 0.5) is 5.69 Å². The van der Waals surface area contributed by atoms with Gasteiger partial charge in [0, 0.05) is 42.3 Å². The van der Waals surface area contributed by atoms with Crippen LogP contribution in [0.15, 0.2) is 47.4 Å². The summed E-state index contributed by atoms with van der Waals surface area (Å²) in [6, 6.07) is 14.0. The fourth-order valence-electron chi connectivity index (χ4n) is 3.97. The average molecular weight is 426 g/mol. The monoisotopic (exact) mass is 425 g/mol. The van der Waals surface area contributed by atoms with Gasteiger partial charge in [-0.1, -0.05) is 18.2 Å². The summed E-state index contributed by atoms with van der Waals surface area (Å²) in [6.07, 6.45) is 0. The van der Waals surface area contributed by atoms with Crippen molar-refractivity contribution in [1.82, 2.24) is 9.80 Å². The molecule has 3 heterocycles. The predicted molar refractivity (Wildman–Crippen MR) is 114 cm³/mol. The number of aliphatic hydroxyl groups is 1. The molecule has 0 aromatic heterocycles. The van der Waals surface area contributed by atoms with Gasteiger partial charge in [-0.15, -0.1) is 11.8 Å². The Bertz CT molecular complexity index is 982. The third-order valence-electron chi connectivity index (χ3n) is 5.87. The normalized spacial score (nSPS) is 19.6. The molecule has 0 saturated carbocycles. The number of amides is 2. The first-order chi connectivity index (χ1) is 14.5. The van der Waals surface area contributed by atoms with Crippen LogP contribution in [0.3, 0.4) is 0 Å². The van der Waals surface area contributed by atoms with Crippen LogP contribution in [0.1, 0.15) is 10.4 Å². The van der Waals surface area contributed by atoms with E-state index in [0.717, 1.165) is 17.0 Å². The van der Waals surface area contributed by atoms with E-state index in [0.29, 0.717) is 31.7 Å². The van der Waals surface area contributed by atoms with Crippen LogP contribution >= 0.6 is 11.8 Å². The van der Waals surface area contributed by atoms with E-state index < -0.39 is 5.60 Å². The fraction of sp³-hybridized carbons (Fsp3) is 0.364. The second-order valence-corrected chi connectivity index (χ2v) is 8.88. The lowest BCUT2D eigenvalue weighted by atomic mass is 10.00. The van der Waals surface area contributed by atoms with Crippen molar-refractivity contribution < 1.29 is 19.4 Å². The fourth-order valence-corrected chi connectivity index (χ4v) is 4.86. The van der Waals surface area contributed by atoms with Gasteiger partial charge in [0.1, 0.15) is 0 Å². The highest BCUT2D eigenvalue weighted by Gasteiger charge is 2.46. The highest BCUT2D eigenvalue weighted by molar-refractivity contribution is 7.99. The summed E-state index contributed by atoms with van der Waals surface area (Å²) in [5, 5.41) is 13.5. The molecule has 0 bridgehead atoms. The van der Waals surface area contributed by atoms with Crippen molar-refractivity contribution in [2.75, 3.05) is 50.6 Å². The molecule has 7 nitrogen and oxygen atoms in total. The molecule has 5 rings (SSSR count). The molecule has 2 saturated heterocycles. The van der Waals surface area contributed by atoms with E-state index in [4.69, 9.17) is 4.74 Å². The number of piperazine rings is 1. The molecule has 2 aromatic carbocycles. The number of nitrogens with zero attached hydrogens (tertiary/aromatic N) is 2. The zero-order chi connectivity index (χ0) is 20.7. The zero-order valence-corrected chi connectivity index (χ0v) is 17.3. The molecule has 2 fully saturated rings. The van der Waals surface area contributed by atoms with Crippen molar-refractivity contribution in [2.24, 2.45) is 0 Å². The van der Waals surface area contributed by atoms with E-state index in [1.165, 1.54) is 10.6 Å². The maximum Gasteiger partial charge on any atom is 0.259 e. The minimum atomic E-state index is -1.38. The summed E-state index contributed by atoms with van der Waals surface area (Å²) >= 11 is 1.79. The van der Waals surface area contributed by atoms with Gasteiger partial charge >= 0.3 is 0 Å². The zero-order valence-electron chi connectivity index (χ0n) is 16.5. The number of thioether (sulfide) groups is 1. The van der Waals surface area contributed by atoms with E-state index in [-0.39, 0.29) is 25.0 Å². The van der Waals surface area contributed by atoms with E-state index in [9.17, 15) is 14.7 Å². The van der Waals surface area contributed by atoms with Crippen LogP contribution in [0.25, 0.3) is 11.1 Å². The number of carbonyl (C=O) groups excluding carboxylic acids is 2. The highest BCUT2D eigenvalue weighted by atomic mass is 32.2. The second-order valence-electron chi connectivity index (χ2n) is 7.86. The van der Waals surface area contributed by atoms with Crippen LogP contribution in [0.5, 0.6) is 0 Å². The summed E-state index contributed by atoms with van der Waals surface area (Å²) in [4.78, 5) is 29.9. The molecule has 3 aliphatic rings. The lowest BCUT2D eigenvalue weighted by Gasteiger charge is -2.42. The Morgan fingerprint density at radius 2 is 1.63 bits per heavy atom. The molecule has 0 unspecified atom stereocenters. The quantitative estimate of drug-likeness (QED) is 0.782. The summed E-state index contributed by atoms with van der Waals surface area (Å²) in [7, 11) is 0. The number of nitrogens with one attached hydrogen (secondary N) is 1. The van der Waals surface area contributed by atoms with Crippen molar-refractivity contribution in [2.45, 2.75) is 10.5 Å². The maximum absolute atomic E-state index is 12.9. The molecule has 2 N–H and O–H groups in total. The molecular weight excluding hydrogens is 402 g/mol. The van der Waals surface area contributed by atoms with Gasteiger partial charge in [-0.3, -0.25) is 9.59 Å². The van der Waals surface area contributed by atoms with E-state index >= 15 is 0 Å². The van der Waals surface area contributed by atoms with Crippen molar-refractivity contribution >= 4 is 29.3 Å². The molecule has 0 aliphatic carbocycles. The number of hydrogen-bond acceptors (Lipinski definition) is 6. The lowest BCUT2D eigenvalue weighted by Crippen LogP contribution is -2.64. The summed E-state index contributed by atoms with van der Waals surface area (Å²) < 4.78 is 4.96. The van der Waals surface area contributed by atoms with Crippen LogP contribution in [0.2, 0.25) is 0 Å².